The fourth-order valence-corrected chi connectivity index (χ4v) is 2.33. The van der Waals surface area contributed by atoms with Gasteiger partial charge in [-0.25, -0.2) is 4.39 Å². The van der Waals surface area contributed by atoms with Crippen LogP contribution >= 0.6 is 0 Å². The van der Waals surface area contributed by atoms with Gasteiger partial charge in [0.15, 0.2) is 11.6 Å². The van der Waals surface area contributed by atoms with Crippen molar-refractivity contribution in [1.82, 2.24) is 4.90 Å². The fourth-order valence-electron chi connectivity index (χ4n) is 2.33. The molecule has 1 amide bonds. The minimum Gasteiger partial charge on any atom is -0.494 e. The molecule has 0 heterocycles. The third-order valence-electron chi connectivity index (χ3n) is 3.49. The van der Waals surface area contributed by atoms with Crippen molar-refractivity contribution in [3.8, 4) is 5.75 Å². The van der Waals surface area contributed by atoms with Crippen LogP contribution in [0.3, 0.4) is 0 Å². The van der Waals surface area contributed by atoms with Crippen LogP contribution in [-0.2, 0) is 0 Å². The van der Waals surface area contributed by atoms with Gasteiger partial charge >= 0.3 is 0 Å². The smallest absolute Gasteiger partial charge is 0.253 e. The normalized spacial score (nSPS) is 21.7. The van der Waals surface area contributed by atoms with Crippen LogP contribution in [0.1, 0.15) is 23.2 Å². The Kier molecular flexibility index (Phi) is 4.04. The van der Waals surface area contributed by atoms with Gasteiger partial charge in [0.2, 0.25) is 0 Å². The molecule has 0 atom stereocenters. The van der Waals surface area contributed by atoms with Crippen molar-refractivity contribution < 1.29 is 19.0 Å². The molecule has 0 aromatic heterocycles. The first-order valence-electron chi connectivity index (χ1n) is 6.28. The molecule has 1 saturated carbocycles. The number of ether oxygens (including phenoxy) is 1. The molecule has 0 bridgehead atoms. The Morgan fingerprint density at radius 3 is 2.79 bits per heavy atom. The molecule has 0 radical (unpaired) electrons. The Morgan fingerprint density at radius 2 is 2.21 bits per heavy atom. The average molecular weight is 267 g/mol. The molecule has 2 rings (SSSR count). The first-order chi connectivity index (χ1) is 9.01. The molecule has 1 aliphatic rings. The Labute approximate surface area is 111 Å². The van der Waals surface area contributed by atoms with Crippen molar-refractivity contribution in [1.29, 1.82) is 0 Å². The van der Waals surface area contributed by atoms with E-state index < -0.39 is 5.82 Å². The lowest BCUT2D eigenvalue weighted by molar-refractivity contribution is 0.0265. The molecule has 104 valence electrons. The number of hydrogen-bond acceptors (Lipinski definition) is 3. The van der Waals surface area contributed by atoms with Gasteiger partial charge in [-0.2, -0.15) is 0 Å². The Morgan fingerprint density at radius 1 is 1.53 bits per heavy atom. The standard InChI is InChI=1S/C14H18FNO3/c1-16(8-9-5-11(17)6-9)14(18)10-3-4-12(15)13(7-10)19-2/h3-4,7,9,11,17H,5-6,8H2,1-2H3. The van der Waals surface area contributed by atoms with Crippen molar-refractivity contribution in [3.63, 3.8) is 0 Å². The summed E-state index contributed by atoms with van der Waals surface area (Å²) in [6.07, 6.45) is 1.26. The van der Waals surface area contributed by atoms with E-state index in [1.165, 1.54) is 25.3 Å². The monoisotopic (exact) mass is 267 g/mol. The van der Waals surface area contributed by atoms with E-state index in [2.05, 4.69) is 0 Å². The lowest BCUT2D eigenvalue weighted by Crippen LogP contribution is -2.39. The van der Waals surface area contributed by atoms with Crippen molar-refractivity contribution in [3.05, 3.63) is 29.6 Å². The maximum absolute atomic E-state index is 13.3. The molecule has 0 saturated heterocycles. The van der Waals surface area contributed by atoms with Gasteiger partial charge in [-0.15, -0.1) is 0 Å². The number of hydrogen-bond donors (Lipinski definition) is 1. The summed E-state index contributed by atoms with van der Waals surface area (Å²) in [6.45, 7) is 0.607. The lowest BCUT2D eigenvalue weighted by atomic mass is 9.82. The minimum atomic E-state index is -0.483. The van der Waals surface area contributed by atoms with Crippen molar-refractivity contribution in [2.24, 2.45) is 5.92 Å². The van der Waals surface area contributed by atoms with Crippen LogP contribution in [-0.4, -0.2) is 42.7 Å². The number of halogens is 1. The second kappa shape index (κ2) is 5.57. The quantitative estimate of drug-likeness (QED) is 0.903. The molecule has 1 N–H and O–H groups in total. The highest BCUT2D eigenvalue weighted by Gasteiger charge is 2.29. The number of methoxy groups -OCH3 is 1. The number of rotatable bonds is 4. The summed E-state index contributed by atoms with van der Waals surface area (Å²) < 4.78 is 18.1. The van der Waals surface area contributed by atoms with E-state index in [-0.39, 0.29) is 17.8 Å². The molecule has 5 heteroatoms. The van der Waals surface area contributed by atoms with Crippen LogP contribution in [0.2, 0.25) is 0 Å². The fraction of sp³-hybridized carbons (Fsp3) is 0.500. The number of aliphatic hydroxyl groups excluding tert-OH is 1. The Balaban J connectivity index is 2.02. The van der Waals surface area contributed by atoms with Gasteiger partial charge in [0.1, 0.15) is 0 Å². The van der Waals surface area contributed by atoms with Crippen molar-refractivity contribution in [2.75, 3.05) is 20.7 Å². The predicted octanol–water partition coefficient (Wildman–Crippen LogP) is 1.68. The Hall–Kier alpha value is -1.62. The predicted molar refractivity (Wildman–Crippen MR) is 68.6 cm³/mol. The van der Waals surface area contributed by atoms with Crippen molar-refractivity contribution >= 4 is 5.91 Å². The van der Waals surface area contributed by atoms with E-state index >= 15 is 0 Å². The maximum Gasteiger partial charge on any atom is 0.253 e. The van der Waals surface area contributed by atoms with E-state index in [0.29, 0.717) is 18.0 Å². The van der Waals surface area contributed by atoms with E-state index in [1.807, 2.05) is 0 Å². The Bertz CT molecular complexity index is 472. The number of carbonyl (C=O) groups excluding carboxylic acids is 1. The SMILES string of the molecule is COc1cc(C(=O)N(C)CC2CC(O)C2)ccc1F. The minimum absolute atomic E-state index is 0.0679. The number of nitrogens with zero attached hydrogens (tertiary/aromatic N) is 1. The summed E-state index contributed by atoms with van der Waals surface area (Å²) in [4.78, 5) is 13.8. The van der Waals surface area contributed by atoms with Crippen LogP contribution in [0.25, 0.3) is 0 Å². The summed E-state index contributed by atoms with van der Waals surface area (Å²) in [6, 6.07) is 4.09. The number of benzene rings is 1. The average Bonchev–Trinajstić information content (AvgIpc) is 2.36. The van der Waals surface area contributed by atoms with E-state index in [1.54, 1.807) is 11.9 Å². The van der Waals surface area contributed by atoms with E-state index in [0.717, 1.165) is 12.8 Å². The third-order valence-corrected chi connectivity index (χ3v) is 3.49. The second-order valence-corrected chi connectivity index (χ2v) is 5.03. The molecular weight excluding hydrogens is 249 g/mol. The molecular formula is C14H18FNO3. The highest BCUT2D eigenvalue weighted by molar-refractivity contribution is 5.94. The zero-order valence-corrected chi connectivity index (χ0v) is 11.1. The van der Waals surface area contributed by atoms with Gasteiger partial charge in [-0.1, -0.05) is 0 Å². The van der Waals surface area contributed by atoms with Gasteiger partial charge in [-0.05, 0) is 37.0 Å². The first-order valence-corrected chi connectivity index (χ1v) is 6.28. The molecule has 4 nitrogen and oxygen atoms in total. The van der Waals surface area contributed by atoms with Gasteiger partial charge in [0, 0.05) is 19.2 Å². The first kappa shape index (κ1) is 13.8. The topological polar surface area (TPSA) is 49.8 Å². The van der Waals surface area contributed by atoms with Crippen LogP contribution in [0.5, 0.6) is 5.75 Å². The molecule has 0 aliphatic heterocycles. The highest BCUT2D eigenvalue weighted by Crippen LogP contribution is 2.28. The number of carbonyl (C=O) groups is 1. The summed E-state index contributed by atoms with van der Waals surface area (Å²) in [5.74, 6) is -0.229. The van der Waals surface area contributed by atoms with Gasteiger partial charge in [-0.3, -0.25) is 4.79 Å². The summed E-state index contributed by atoms with van der Waals surface area (Å²) in [7, 11) is 3.08. The number of amides is 1. The summed E-state index contributed by atoms with van der Waals surface area (Å²) in [5.41, 5.74) is 0.403. The lowest BCUT2D eigenvalue weighted by Gasteiger charge is -2.34. The van der Waals surface area contributed by atoms with Crippen LogP contribution in [0.15, 0.2) is 18.2 Å². The summed E-state index contributed by atoms with van der Waals surface area (Å²) >= 11 is 0. The molecule has 19 heavy (non-hydrogen) atoms. The van der Waals surface area contributed by atoms with Crippen LogP contribution in [0, 0.1) is 11.7 Å². The zero-order valence-electron chi connectivity index (χ0n) is 11.1. The molecule has 0 spiro atoms. The molecule has 1 aliphatic carbocycles. The molecule has 1 aromatic carbocycles. The van der Waals surface area contributed by atoms with Gasteiger partial charge in [0.25, 0.3) is 5.91 Å². The van der Waals surface area contributed by atoms with E-state index in [9.17, 15) is 14.3 Å². The van der Waals surface area contributed by atoms with Crippen molar-refractivity contribution in [2.45, 2.75) is 18.9 Å². The summed E-state index contributed by atoms with van der Waals surface area (Å²) in [5, 5.41) is 9.22. The second-order valence-electron chi connectivity index (χ2n) is 5.03. The van der Waals surface area contributed by atoms with E-state index in [4.69, 9.17) is 4.74 Å². The third kappa shape index (κ3) is 3.04. The van der Waals surface area contributed by atoms with Crippen LogP contribution in [0.4, 0.5) is 4.39 Å². The molecule has 0 unspecified atom stereocenters. The molecule has 1 aromatic rings. The number of aliphatic hydroxyl groups is 1. The molecule has 1 fully saturated rings. The highest BCUT2D eigenvalue weighted by atomic mass is 19.1. The zero-order chi connectivity index (χ0) is 14.0. The largest absolute Gasteiger partial charge is 0.494 e. The maximum atomic E-state index is 13.3. The van der Waals surface area contributed by atoms with Gasteiger partial charge in [0.05, 0.1) is 13.2 Å². The van der Waals surface area contributed by atoms with Crippen LogP contribution < -0.4 is 4.74 Å². The van der Waals surface area contributed by atoms with Gasteiger partial charge < -0.3 is 14.7 Å².